The molecule has 1 aromatic carbocycles. The van der Waals surface area contributed by atoms with Crippen molar-refractivity contribution in [3.63, 3.8) is 0 Å². The normalized spacial score (nSPS) is 17.1. The number of anilines is 1. The van der Waals surface area contributed by atoms with Gasteiger partial charge in [0.25, 0.3) is 0 Å². The van der Waals surface area contributed by atoms with Crippen LogP contribution in [0.1, 0.15) is 12.8 Å². The Hall–Kier alpha value is -1.71. The summed E-state index contributed by atoms with van der Waals surface area (Å²) in [6.07, 6.45) is 1.91. The molecule has 16 heavy (non-hydrogen) atoms. The molecule has 2 rings (SSSR count). The highest BCUT2D eigenvalue weighted by Gasteiger charge is 2.20. The standard InChI is InChI=1S/C12H17N3O/c13-12(16)15-8-6-11(7-9-15)14-10-4-2-1-3-5-10/h1-5,11,14H,6-9H2,(H2,13,16). The Morgan fingerprint density at radius 2 is 1.88 bits per heavy atom. The monoisotopic (exact) mass is 219 g/mol. The fourth-order valence-electron chi connectivity index (χ4n) is 2.01. The van der Waals surface area contributed by atoms with Crippen molar-refractivity contribution in [2.45, 2.75) is 18.9 Å². The van der Waals surface area contributed by atoms with Crippen LogP contribution in [0, 0.1) is 0 Å². The molecule has 0 atom stereocenters. The molecule has 2 amide bonds. The predicted octanol–water partition coefficient (Wildman–Crippen LogP) is 1.64. The molecule has 1 aliphatic rings. The average molecular weight is 219 g/mol. The fourth-order valence-corrected chi connectivity index (χ4v) is 2.01. The first-order valence-corrected chi connectivity index (χ1v) is 5.61. The van der Waals surface area contributed by atoms with Gasteiger partial charge in [-0.1, -0.05) is 18.2 Å². The molecule has 0 unspecified atom stereocenters. The van der Waals surface area contributed by atoms with Crippen LogP contribution in [0.25, 0.3) is 0 Å². The van der Waals surface area contributed by atoms with Gasteiger partial charge in [0.2, 0.25) is 0 Å². The van der Waals surface area contributed by atoms with Crippen molar-refractivity contribution < 1.29 is 4.79 Å². The van der Waals surface area contributed by atoms with E-state index >= 15 is 0 Å². The van der Waals surface area contributed by atoms with Crippen molar-refractivity contribution in [3.8, 4) is 0 Å². The van der Waals surface area contributed by atoms with E-state index < -0.39 is 0 Å². The van der Waals surface area contributed by atoms with Gasteiger partial charge in [-0.3, -0.25) is 0 Å². The smallest absolute Gasteiger partial charge is 0.314 e. The third-order valence-electron chi connectivity index (χ3n) is 2.95. The number of urea groups is 1. The summed E-state index contributed by atoms with van der Waals surface area (Å²) in [6.45, 7) is 1.50. The Morgan fingerprint density at radius 3 is 2.44 bits per heavy atom. The second kappa shape index (κ2) is 4.88. The fraction of sp³-hybridized carbons (Fsp3) is 0.417. The molecule has 0 aliphatic carbocycles. The number of likely N-dealkylation sites (tertiary alicyclic amines) is 1. The summed E-state index contributed by atoms with van der Waals surface area (Å²) in [6, 6.07) is 10.3. The lowest BCUT2D eigenvalue weighted by Gasteiger charge is -2.31. The van der Waals surface area contributed by atoms with Crippen LogP contribution in [-0.4, -0.2) is 30.1 Å². The molecule has 0 saturated carbocycles. The van der Waals surface area contributed by atoms with Crippen LogP contribution in [0.5, 0.6) is 0 Å². The van der Waals surface area contributed by atoms with E-state index in [0.717, 1.165) is 31.6 Å². The number of hydrogen-bond acceptors (Lipinski definition) is 2. The van der Waals surface area contributed by atoms with E-state index in [4.69, 9.17) is 5.73 Å². The zero-order valence-electron chi connectivity index (χ0n) is 9.23. The van der Waals surface area contributed by atoms with E-state index in [1.54, 1.807) is 4.90 Å². The molecule has 4 heteroatoms. The lowest BCUT2D eigenvalue weighted by Crippen LogP contribution is -2.44. The van der Waals surface area contributed by atoms with Crippen LogP contribution in [0.2, 0.25) is 0 Å². The molecule has 0 spiro atoms. The Kier molecular flexibility index (Phi) is 3.29. The van der Waals surface area contributed by atoms with Gasteiger partial charge < -0.3 is 16.0 Å². The second-order valence-corrected chi connectivity index (χ2v) is 4.11. The highest BCUT2D eigenvalue weighted by Crippen LogP contribution is 2.15. The summed E-state index contributed by atoms with van der Waals surface area (Å²) >= 11 is 0. The van der Waals surface area contributed by atoms with Crippen LogP contribution < -0.4 is 11.1 Å². The van der Waals surface area contributed by atoms with E-state index in [0.29, 0.717) is 6.04 Å². The van der Waals surface area contributed by atoms with Gasteiger partial charge in [0.05, 0.1) is 0 Å². The third-order valence-corrected chi connectivity index (χ3v) is 2.95. The van der Waals surface area contributed by atoms with Gasteiger partial charge in [-0.05, 0) is 25.0 Å². The lowest BCUT2D eigenvalue weighted by atomic mass is 10.1. The zero-order valence-corrected chi connectivity index (χ0v) is 9.23. The van der Waals surface area contributed by atoms with E-state index in [9.17, 15) is 4.79 Å². The van der Waals surface area contributed by atoms with Crippen LogP contribution in [-0.2, 0) is 0 Å². The largest absolute Gasteiger partial charge is 0.382 e. The summed E-state index contributed by atoms with van der Waals surface area (Å²) in [7, 11) is 0. The molecule has 1 fully saturated rings. The number of amides is 2. The topological polar surface area (TPSA) is 58.4 Å². The lowest BCUT2D eigenvalue weighted by molar-refractivity contribution is 0.193. The van der Waals surface area contributed by atoms with E-state index in [1.165, 1.54) is 0 Å². The van der Waals surface area contributed by atoms with Crippen LogP contribution in [0.4, 0.5) is 10.5 Å². The van der Waals surface area contributed by atoms with Gasteiger partial charge in [-0.25, -0.2) is 4.79 Å². The molecule has 1 heterocycles. The number of para-hydroxylation sites is 1. The number of piperidine rings is 1. The first-order chi connectivity index (χ1) is 7.75. The van der Waals surface area contributed by atoms with Crippen molar-refractivity contribution in [2.24, 2.45) is 5.73 Å². The van der Waals surface area contributed by atoms with Gasteiger partial charge in [-0.15, -0.1) is 0 Å². The number of rotatable bonds is 2. The molecule has 4 nitrogen and oxygen atoms in total. The van der Waals surface area contributed by atoms with Crippen molar-refractivity contribution in [1.82, 2.24) is 4.90 Å². The molecule has 1 aromatic rings. The minimum atomic E-state index is -0.307. The van der Waals surface area contributed by atoms with Crippen molar-refractivity contribution in [3.05, 3.63) is 30.3 Å². The summed E-state index contributed by atoms with van der Waals surface area (Å²) in [5, 5.41) is 3.46. The number of primary amides is 1. The third kappa shape index (κ3) is 2.66. The van der Waals surface area contributed by atoms with Gasteiger partial charge >= 0.3 is 6.03 Å². The number of carbonyl (C=O) groups excluding carboxylic acids is 1. The molecule has 1 saturated heterocycles. The maximum absolute atomic E-state index is 10.9. The predicted molar refractivity (Wildman–Crippen MR) is 64.2 cm³/mol. The Balaban J connectivity index is 1.84. The van der Waals surface area contributed by atoms with Crippen LogP contribution >= 0.6 is 0 Å². The first-order valence-electron chi connectivity index (χ1n) is 5.61. The maximum Gasteiger partial charge on any atom is 0.314 e. The van der Waals surface area contributed by atoms with E-state index in [1.807, 2.05) is 18.2 Å². The molecule has 0 aromatic heterocycles. The van der Waals surface area contributed by atoms with Crippen LogP contribution in [0.3, 0.4) is 0 Å². The van der Waals surface area contributed by atoms with Crippen molar-refractivity contribution in [2.75, 3.05) is 18.4 Å². The Morgan fingerprint density at radius 1 is 1.25 bits per heavy atom. The minimum absolute atomic E-state index is 0.307. The number of hydrogen-bond donors (Lipinski definition) is 2. The van der Waals surface area contributed by atoms with E-state index in [2.05, 4.69) is 17.4 Å². The molecular weight excluding hydrogens is 202 g/mol. The van der Waals surface area contributed by atoms with Crippen LogP contribution in [0.15, 0.2) is 30.3 Å². The van der Waals surface area contributed by atoms with Gasteiger partial charge in [0.1, 0.15) is 0 Å². The Labute approximate surface area is 95.4 Å². The van der Waals surface area contributed by atoms with Crippen molar-refractivity contribution in [1.29, 1.82) is 0 Å². The number of nitrogens with one attached hydrogen (secondary N) is 1. The SMILES string of the molecule is NC(=O)N1CCC(Nc2ccccc2)CC1. The minimum Gasteiger partial charge on any atom is -0.382 e. The molecule has 1 aliphatic heterocycles. The molecule has 0 bridgehead atoms. The highest BCUT2D eigenvalue weighted by molar-refractivity contribution is 5.72. The first kappa shape index (κ1) is 10.8. The molecule has 0 radical (unpaired) electrons. The number of nitrogens with two attached hydrogens (primary N) is 1. The molecule has 86 valence electrons. The second-order valence-electron chi connectivity index (χ2n) is 4.11. The summed E-state index contributed by atoms with van der Waals surface area (Å²) < 4.78 is 0. The average Bonchev–Trinajstić information content (AvgIpc) is 2.31. The summed E-state index contributed by atoms with van der Waals surface area (Å²) in [4.78, 5) is 12.6. The van der Waals surface area contributed by atoms with Gasteiger partial charge in [0.15, 0.2) is 0 Å². The Bertz CT molecular complexity index is 345. The quantitative estimate of drug-likeness (QED) is 0.794. The summed E-state index contributed by atoms with van der Waals surface area (Å²) in [5.41, 5.74) is 6.37. The zero-order chi connectivity index (χ0) is 11.4. The highest BCUT2D eigenvalue weighted by atomic mass is 16.2. The molecule has 3 N–H and O–H groups in total. The van der Waals surface area contributed by atoms with E-state index in [-0.39, 0.29) is 6.03 Å². The number of nitrogens with zero attached hydrogens (tertiary/aromatic N) is 1. The van der Waals surface area contributed by atoms with Gasteiger partial charge in [-0.2, -0.15) is 0 Å². The van der Waals surface area contributed by atoms with Crippen molar-refractivity contribution >= 4 is 11.7 Å². The number of carbonyl (C=O) groups is 1. The summed E-state index contributed by atoms with van der Waals surface area (Å²) in [5.74, 6) is 0. The molecular formula is C12H17N3O. The van der Waals surface area contributed by atoms with Gasteiger partial charge in [0, 0.05) is 24.8 Å². The maximum atomic E-state index is 10.9. The number of benzene rings is 1.